The van der Waals surface area contributed by atoms with Crippen LogP contribution in [0.15, 0.2) is 0 Å². The monoisotopic (exact) mass is 294 g/mol. The summed E-state index contributed by atoms with van der Waals surface area (Å²) >= 11 is 1.59. The number of hydrogen-bond donors (Lipinski definition) is 1. The Morgan fingerprint density at radius 1 is 1.40 bits per heavy atom. The molecule has 0 bridgehead atoms. The van der Waals surface area contributed by atoms with Gasteiger partial charge in [-0.05, 0) is 31.7 Å². The Labute approximate surface area is 124 Å². The average molecular weight is 294 g/mol. The minimum atomic E-state index is -0.803. The van der Waals surface area contributed by atoms with Gasteiger partial charge in [-0.25, -0.2) is 0 Å². The molecular formula is C15H22N2O2S. The molecule has 0 amide bonds. The van der Waals surface area contributed by atoms with Crippen LogP contribution in [0.4, 0.5) is 5.00 Å². The van der Waals surface area contributed by atoms with Gasteiger partial charge < -0.3 is 10.0 Å². The largest absolute Gasteiger partial charge is 0.481 e. The minimum absolute atomic E-state index is 0.0962. The lowest BCUT2D eigenvalue weighted by Gasteiger charge is -2.24. The lowest BCUT2D eigenvalue weighted by molar-refractivity contribution is -0.136. The summed E-state index contributed by atoms with van der Waals surface area (Å²) in [5.74, 6) is -0.252. The maximum atomic E-state index is 10.8. The molecule has 0 fully saturated rings. The molecule has 4 nitrogen and oxygen atoms in total. The van der Waals surface area contributed by atoms with Crippen LogP contribution >= 0.6 is 11.3 Å². The first kappa shape index (κ1) is 16.5. The zero-order valence-electron chi connectivity index (χ0n) is 12.6. The molecule has 0 aromatic carbocycles. The maximum absolute atomic E-state index is 10.8. The number of nitrogens with zero attached hydrogens (tertiary/aromatic N) is 2. The molecule has 1 rings (SSSR count). The summed E-state index contributed by atoms with van der Waals surface area (Å²) in [6.45, 7) is 9.49. The summed E-state index contributed by atoms with van der Waals surface area (Å²) in [6.07, 6.45) is 1.08. The molecule has 0 atom stereocenters. The van der Waals surface area contributed by atoms with Gasteiger partial charge in [-0.15, -0.1) is 11.3 Å². The van der Waals surface area contributed by atoms with E-state index in [4.69, 9.17) is 5.11 Å². The van der Waals surface area contributed by atoms with Gasteiger partial charge in [-0.1, -0.05) is 13.8 Å². The molecule has 1 heterocycles. The highest BCUT2D eigenvalue weighted by atomic mass is 32.1. The molecule has 0 unspecified atom stereocenters. The van der Waals surface area contributed by atoms with E-state index >= 15 is 0 Å². The zero-order chi connectivity index (χ0) is 15.3. The quantitative estimate of drug-likeness (QED) is 0.835. The molecule has 0 aliphatic heterocycles. The molecule has 5 heteroatoms. The third-order valence-corrected chi connectivity index (χ3v) is 4.61. The smallest absolute Gasteiger partial charge is 0.305 e. The van der Waals surface area contributed by atoms with Crippen LogP contribution in [0.3, 0.4) is 0 Å². The van der Waals surface area contributed by atoms with E-state index in [9.17, 15) is 10.1 Å². The predicted molar refractivity (Wildman–Crippen MR) is 82.4 cm³/mol. The standard InChI is InChI=1S/C15H22N2O2S/c1-10(2)5-7-17(8-6-14(18)19)15-13(9-16)11(3)12(4)20-15/h10H,5-8H2,1-4H3,(H,18,19). The van der Waals surface area contributed by atoms with Crippen LogP contribution in [0.25, 0.3) is 0 Å². The second-order valence-corrected chi connectivity index (χ2v) is 6.59. The molecule has 0 spiro atoms. The predicted octanol–water partition coefficient (Wildman–Crippen LogP) is 3.56. The van der Waals surface area contributed by atoms with Gasteiger partial charge >= 0.3 is 5.97 Å². The van der Waals surface area contributed by atoms with Gasteiger partial charge in [0.2, 0.25) is 0 Å². The van der Waals surface area contributed by atoms with Gasteiger partial charge in [0.15, 0.2) is 0 Å². The van der Waals surface area contributed by atoms with Crippen molar-refractivity contribution in [2.75, 3.05) is 18.0 Å². The summed E-state index contributed by atoms with van der Waals surface area (Å²) in [5.41, 5.74) is 1.71. The number of nitriles is 1. The minimum Gasteiger partial charge on any atom is -0.481 e. The van der Waals surface area contributed by atoms with Crippen molar-refractivity contribution in [2.45, 2.75) is 40.5 Å². The van der Waals surface area contributed by atoms with Gasteiger partial charge in [0, 0.05) is 18.0 Å². The Hall–Kier alpha value is -1.54. The SMILES string of the molecule is Cc1sc(N(CCC(=O)O)CCC(C)C)c(C#N)c1C. The summed E-state index contributed by atoms with van der Waals surface area (Å²) in [5, 5.41) is 19.1. The highest BCUT2D eigenvalue weighted by Crippen LogP contribution is 2.35. The van der Waals surface area contributed by atoms with Crippen molar-refractivity contribution in [1.82, 2.24) is 0 Å². The van der Waals surface area contributed by atoms with Crippen LogP contribution in [-0.2, 0) is 4.79 Å². The van der Waals surface area contributed by atoms with Crippen molar-refractivity contribution in [3.63, 3.8) is 0 Å². The van der Waals surface area contributed by atoms with Gasteiger partial charge in [0.05, 0.1) is 12.0 Å². The van der Waals surface area contributed by atoms with Crippen molar-refractivity contribution < 1.29 is 9.90 Å². The first-order valence-corrected chi connectivity index (χ1v) is 7.65. The number of carboxylic acids is 1. The first-order chi connectivity index (χ1) is 9.36. The van der Waals surface area contributed by atoms with Crippen LogP contribution in [0.1, 0.15) is 42.7 Å². The van der Waals surface area contributed by atoms with E-state index in [2.05, 4.69) is 24.8 Å². The number of rotatable bonds is 7. The van der Waals surface area contributed by atoms with Crippen LogP contribution in [0.5, 0.6) is 0 Å². The van der Waals surface area contributed by atoms with Crippen molar-refractivity contribution >= 4 is 22.3 Å². The topological polar surface area (TPSA) is 64.3 Å². The summed E-state index contributed by atoms with van der Waals surface area (Å²) in [6, 6.07) is 2.26. The van der Waals surface area contributed by atoms with Crippen molar-refractivity contribution in [3.8, 4) is 6.07 Å². The lowest BCUT2D eigenvalue weighted by atomic mass is 10.1. The second-order valence-electron chi connectivity index (χ2n) is 5.39. The zero-order valence-corrected chi connectivity index (χ0v) is 13.4. The Balaban J connectivity index is 3.00. The molecule has 1 aromatic heterocycles. The Kier molecular flexibility index (Phi) is 6.03. The van der Waals surface area contributed by atoms with E-state index in [1.54, 1.807) is 11.3 Å². The summed E-state index contributed by atoms with van der Waals surface area (Å²) in [4.78, 5) is 14.0. The van der Waals surface area contributed by atoms with E-state index in [0.29, 0.717) is 18.0 Å². The summed E-state index contributed by atoms with van der Waals surface area (Å²) < 4.78 is 0. The van der Waals surface area contributed by atoms with Gasteiger partial charge in [0.25, 0.3) is 0 Å². The average Bonchev–Trinajstić information content (AvgIpc) is 2.64. The number of aliphatic carboxylic acids is 1. The Bertz CT molecular complexity index is 515. The van der Waals surface area contributed by atoms with Crippen LogP contribution in [0.2, 0.25) is 0 Å². The van der Waals surface area contributed by atoms with Crippen LogP contribution in [-0.4, -0.2) is 24.2 Å². The molecule has 0 radical (unpaired) electrons. The number of aryl methyl sites for hydroxylation is 1. The summed E-state index contributed by atoms with van der Waals surface area (Å²) in [7, 11) is 0. The second kappa shape index (κ2) is 7.30. The maximum Gasteiger partial charge on any atom is 0.305 e. The van der Waals surface area contributed by atoms with Crippen molar-refractivity contribution in [2.24, 2.45) is 5.92 Å². The number of anilines is 1. The van der Waals surface area contributed by atoms with Crippen LogP contribution in [0, 0.1) is 31.1 Å². The molecule has 0 saturated carbocycles. The fourth-order valence-electron chi connectivity index (χ4n) is 1.92. The molecule has 0 saturated heterocycles. The molecule has 0 aliphatic rings. The molecule has 20 heavy (non-hydrogen) atoms. The van der Waals surface area contributed by atoms with E-state index in [1.165, 1.54) is 0 Å². The molecule has 110 valence electrons. The van der Waals surface area contributed by atoms with E-state index < -0.39 is 5.97 Å². The normalized spacial score (nSPS) is 10.6. The van der Waals surface area contributed by atoms with Crippen LogP contribution < -0.4 is 4.90 Å². The molecule has 0 aliphatic carbocycles. The molecule has 1 N–H and O–H groups in total. The Morgan fingerprint density at radius 3 is 2.55 bits per heavy atom. The van der Waals surface area contributed by atoms with E-state index in [0.717, 1.165) is 28.4 Å². The third-order valence-electron chi connectivity index (χ3n) is 3.34. The molecular weight excluding hydrogens is 272 g/mol. The number of thiophene rings is 1. The number of hydrogen-bond acceptors (Lipinski definition) is 4. The van der Waals surface area contributed by atoms with Gasteiger partial charge in [-0.2, -0.15) is 5.26 Å². The van der Waals surface area contributed by atoms with Crippen molar-refractivity contribution in [1.29, 1.82) is 5.26 Å². The number of carbonyl (C=O) groups is 1. The van der Waals surface area contributed by atoms with Gasteiger partial charge in [-0.3, -0.25) is 4.79 Å². The number of carboxylic acid groups (broad SMARTS) is 1. The van der Waals surface area contributed by atoms with E-state index in [-0.39, 0.29) is 6.42 Å². The Morgan fingerprint density at radius 2 is 2.05 bits per heavy atom. The fourth-order valence-corrected chi connectivity index (χ4v) is 3.08. The lowest BCUT2D eigenvalue weighted by Crippen LogP contribution is -2.28. The third kappa shape index (κ3) is 4.24. The molecule has 1 aromatic rings. The van der Waals surface area contributed by atoms with Gasteiger partial charge in [0.1, 0.15) is 11.1 Å². The van der Waals surface area contributed by atoms with Crippen molar-refractivity contribution in [3.05, 3.63) is 16.0 Å². The van der Waals surface area contributed by atoms with E-state index in [1.807, 2.05) is 13.8 Å². The fraction of sp³-hybridized carbons (Fsp3) is 0.600. The highest BCUT2D eigenvalue weighted by Gasteiger charge is 2.19. The first-order valence-electron chi connectivity index (χ1n) is 6.83. The highest BCUT2D eigenvalue weighted by molar-refractivity contribution is 7.16.